The highest BCUT2D eigenvalue weighted by molar-refractivity contribution is 6.03. The fourth-order valence-electron chi connectivity index (χ4n) is 4.71. The number of aryl methyl sites for hydroxylation is 3. The molecule has 0 unspecified atom stereocenters. The second kappa shape index (κ2) is 10.0. The molecule has 0 saturated carbocycles. The van der Waals surface area contributed by atoms with Crippen LogP contribution in [0.2, 0.25) is 0 Å². The van der Waals surface area contributed by atoms with Gasteiger partial charge in [0.2, 0.25) is 0 Å². The zero-order valence-corrected chi connectivity index (χ0v) is 23.8. The molecule has 0 fully saturated rings. The Bertz CT molecular complexity index is 1610. The van der Waals surface area contributed by atoms with E-state index in [1.54, 1.807) is 53.1 Å². The molecule has 2 aromatic carbocycles. The van der Waals surface area contributed by atoms with Gasteiger partial charge in [-0.05, 0) is 101 Å². The molecule has 0 radical (unpaired) electrons. The Morgan fingerprint density at radius 3 is 2.15 bits per heavy atom. The Balaban J connectivity index is 1.97. The van der Waals surface area contributed by atoms with Gasteiger partial charge in [-0.25, -0.2) is 0 Å². The number of aromatic nitrogens is 2. The van der Waals surface area contributed by atoms with Gasteiger partial charge in [0.1, 0.15) is 22.7 Å². The number of hydrogen-bond donors (Lipinski definition) is 4. The normalized spacial score (nSPS) is 12.2. The van der Waals surface area contributed by atoms with E-state index in [9.17, 15) is 19.8 Å². The molecule has 0 atom stereocenters. The number of benzene rings is 2. The van der Waals surface area contributed by atoms with Crippen molar-refractivity contribution >= 4 is 16.8 Å². The number of pyridine rings is 1. The molecule has 4 aromatic rings. The number of hydrogen-bond acceptors (Lipinski definition) is 5. The molecule has 206 valence electrons. The molecular formula is C31H37N3O5. The highest BCUT2D eigenvalue weighted by atomic mass is 16.5. The van der Waals surface area contributed by atoms with Gasteiger partial charge in [-0.3, -0.25) is 9.59 Å². The van der Waals surface area contributed by atoms with Crippen molar-refractivity contribution in [2.75, 3.05) is 6.54 Å². The van der Waals surface area contributed by atoms with Gasteiger partial charge in [0, 0.05) is 36.3 Å². The number of nitrogens with one attached hydrogen (secondary N) is 2. The van der Waals surface area contributed by atoms with Crippen LogP contribution in [0.3, 0.4) is 0 Å². The summed E-state index contributed by atoms with van der Waals surface area (Å²) in [5.74, 6) is 0.867. The number of carbonyl (C=O) groups is 1. The van der Waals surface area contributed by atoms with E-state index in [2.05, 4.69) is 10.3 Å². The zero-order valence-electron chi connectivity index (χ0n) is 23.8. The van der Waals surface area contributed by atoms with Crippen molar-refractivity contribution in [1.29, 1.82) is 0 Å². The summed E-state index contributed by atoms with van der Waals surface area (Å²) in [5, 5.41) is 24.7. The third-order valence-corrected chi connectivity index (χ3v) is 6.90. The molecule has 0 saturated heterocycles. The molecule has 1 amide bonds. The smallest absolute Gasteiger partial charge is 0.274 e. The van der Waals surface area contributed by atoms with Crippen LogP contribution >= 0.6 is 0 Å². The summed E-state index contributed by atoms with van der Waals surface area (Å²) in [4.78, 5) is 28.6. The van der Waals surface area contributed by atoms with E-state index in [0.717, 1.165) is 16.7 Å². The SMILES string of the molecule is CCNC(=O)c1cc2c(-c3cc(C(C)(C)O)ccc3Oc3c(C)cc(C(C)(C)O)cc3C)cn(C)c(=O)c2[nH]1. The van der Waals surface area contributed by atoms with Gasteiger partial charge in [-0.1, -0.05) is 6.07 Å². The number of rotatable bonds is 7. The maximum absolute atomic E-state index is 13.0. The first-order chi connectivity index (χ1) is 18.1. The lowest BCUT2D eigenvalue weighted by atomic mass is 9.92. The van der Waals surface area contributed by atoms with Crippen molar-refractivity contribution in [1.82, 2.24) is 14.9 Å². The minimum Gasteiger partial charge on any atom is -0.456 e. The van der Waals surface area contributed by atoms with Crippen molar-refractivity contribution in [2.45, 2.75) is 59.7 Å². The molecule has 0 spiro atoms. The lowest BCUT2D eigenvalue weighted by molar-refractivity contribution is 0.0780. The van der Waals surface area contributed by atoms with Crippen molar-refractivity contribution in [2.24, 2.45) is 7.05 Å². The van der Waals surface area contributed by atoms with Gasteiger partial charge in [-0.15, -0.1) is 0 Å². The number of nitrogens with zero attached hydrogens (tertiary/aromatic N) is 1. The summed E-state index contributed by atoms with van der Waals surface area (Å²) in [6, 6.07) is 10.9. The Kier molecular flexibility index (Phi) is 7.23. The molecule has 4 N–H and O–H groups in total. The first kappa shape index (κ1) is 28.1. The lowest BCUT2D eigenvalue weighted by Crippen LogP contribution is -2.23. The van der Waals surface area contributed by atoms with Gasteiger partial charge in [0.15, 0.2) is 0 Å². The Labute approximate surface area is 228 Å². The first-order valence-corrected chi connectivity index (χ1v) is 13.0. The van der Waals surface area contributed by atoms with E-state index in [-0.39, 0.29) is 17.2 Å². The molecule has 39 heavy (non-hydrogen) atoms. The summed E-state index contributed by atoms with van der Waals surface area (Å²) in [6.45, 7) is 13.0. The van der Waals surface area contributed by atoms with Gasteiger partial charge >= 0.3 is 0 Å². The average Bonchev–Trinajstić information content (AvgIpc) is 3.29. The second-order valence-corrected chi connectivity index (χ2v) is 11.2. The Morgan fingerprint density at radius 1 is 0.974 bits per heavy atom. The lowest BCUT2D eigenvalue weighted by Gasteiger charge is -2.23. The third-order valence-electron chi connectivity index (χ3n) is 6.90. The fraction of sp³-hybridized carbons (Fsp3) is 0.355. The van der Waals surface area contributed by atoms with Crippen molar-refractivity contribution < 1.29 is 19.7 Å². The predicted octanol–water partition coefficient (Wildman–Crippen LogP) is 5.15. The molecule has 0 aliphatic heterocycles. The summed E-state index contributed by atoms with van der Waals surface area (Å²) in [7, 11) is 1.65. The largest absolute Gasteiger partial charge is 0.456 e. The fourth-order valence-corrected chi connectivity index (χ4v) is 4.71. The zero-order chi connectivity index (χ0) is 28.9. The van der Waals surface area contributed by atoms with Crippen molar-refractivity contribution in [3.05, 3.63) is 80.9 Å². The molecule has 0 bridgehead atoms. The average molecular weight is 532 g/mol. The number of amides is 1. The number of ether oxygens (including phenoxy) is 1. The van der Waals surface area contributed by atoms with Gasteiger partial charge in [0.25, 0.3) is 11.5 Å². The molecule has 8 nitrogen and oxygen atoms in total. The van der Waals surface area contributed by atoms with Crippen LogP contribution in [0.4, 0.5) is 0 Å². The molecule has 2 aromatic heterocycles. The van der Waals surface area contributed by atoms with E-state index in [1.807, 2.05) is 45.0 Å². The van der Waals surface area contributed by atoms with E-state index in [4.69, 9.17) is 4.74 Å². The summed E-state index contributed by atoms with van der Waals surface area (Å²) >= 11 is 0. The monoisotopic (exact) mass is 531 g/mol. The summed E-state index contributed by atoms with van der Waals surface area (Å²) < 4.78 is 8.00. The molecule has 0 aliphatic carbocycles. The van der Waals surface area contributed by atoms with Crippen LogP contribution in [0.1, 0.15) is 67.4 Å². The van der Waals surface area contributed by atoms with Crippen molar-refractivity contribution in [3.63, 3.8) is 0 Å². The number of H-pyrrole nitrogens is 1. The molecule has 0 aliphatic rings. The Morgan fingerprint density at radius 2 is 1.59 bits per heavy atom. The number of carbonyl (C=O) groups excluding carboxylic acids is 1. The Hall–Kier alpha value is -3.88. The minimum atomic E-state index is -1.13. The molecule has 8 heteroatoms. The van der Waals surface area contributed by atoms with Crippen LogP contribution in [-0.4, -0.2) is 32.2 Å². The van der Waals surface area contributed by atoms with Crippen LogP contribution in [0.25, 0.3) is 22.0 Å². The van der Waals surface area contributed by atoms with Gasteiger partial charge < -0.3 is 29.8 Å². The van der Waals surface area contributed by atoms with Crippen molar-refractivity contribution in [3.8, 4) is 22.6 Å². The standard InChI is InChI=1S/C31H37N3O5/c1-9-32-28(35)24-15-22-23(16-34(8)29(36)26(22)33-24)21-14-19(30(4,5)37)10-11-25(21)39-27-17(2)12-20(13-18(27)3)31(6,7)38/h10-16,33,37-38H,9H2,1-8H3,(H,32,35). The highest BCUT2D eigenvalue weighted by Gasteiger charge is 2.24. The van der Waals surface area contributed by atoms with E-state index in [1.165, 1.54) is 4.57 Å². The predicted molar refractivity (Wildman–Crippen MR) is 153 cm³/mol. The maximum Gasteiger partial charge on any atom is 0.274 e. The van der Waals surface area contributed by atoms with E-state index < -0.39 is 11.2 Å². The summed E-state index contributed by atoms with van der Waals surface area (Å²) in [5.41, 5.74) is 2.69. The highest BCUT2D eigenvalue weighted by Crippen LogP contribution is 2.41. The molecule has 4 rings (SSSR count). The maximum atomic E-state index is 13.0. The minimum absolute atomic E-state index is 0.265. The van der Waals surface area contributed by atoms with Crippen LogP contribution in [-0.2, 0) is 18.2 Å². The quantitative estimate of drug-likeness (QED) is 0.263. The van der Waals surface area contributed by atoms with Crippen LogP contribution in [0.5, 0.6) is 11.5 Å². The third kappa shape index (κ3) is 5.48. The van der Waals surface area contributed by atoms with E-state index >= 15 is 0 Å². The molecular weight excluding hydrogens is 494 g/mol. The van der Waals surface area contributed by atoms with Crippen LogP contribution < -0.4 is 15.6 Å². The number of fused-ring (bicyclic) bond motifs is 1. The van der Waals surface area contributed by atoms with Gasteiger partial charge in [-0.2, -0.15) is 0 Å². The second-order valence-electron chi connectivity index (χ2n) is 11.2. The topological polar surface area (TPSA) is 117 Å². The van der Waals surface area contributed by atoms with Crippen LogP contribution in [0.15, 0.2) is 47.4 Å². The van der Waals surface area contributed by atoms with Gasteiger partial charge in [0.05, 0.1) is 11.2 Å². The number of aliphatic hydroxyl groups is 2. The molecule has 2 heterocycles. The number of aromatic amines is 1. The first-order valence-electron chi connectivity index (χ1n) is 13.0. The summed E-state index contributed by atoms with van der Waals surface area (Å²) in [6.07, 6.45) is 1.72. The van der Waals surface area contributed by atoms with E-state index in [0.29, 0.717) is 45.6 Å². The van der Waals surface area contributed by atoms with Crippen LogP contribution in [0, 0.1) is 13.8 Å².